The van der Waals surface area contributed by atoms with E-state index < -0.39 is 0 Å². The second-order valence-corrected chi connectivity index (χ2v) is 5.22. The van der Waals surface area contributed by atoms with Crippen LogP contribution < -0.4 is 18.1 Å². The fourth-order valence-corrected chi connectivity index (χ4v) is 4.02. The van der Waals surface area contributed by atoms with E-state index in [-0.39, 0.29) is 12.4 Å². The molecule has 16 heavy (non-hydrogen) atoms. The average Bonchev–Trinajstić information content (AvgIpc) is 2.89. The van der Waals surface area contributed by atoms with E-state index in [9.17, 15) is 0 Å². The van der Waals surface area contributed by atoms with E-state index in [1.807, 2.05) is 0 Å². The molecule has 2 aliphatic carbocycles. The van der Waals surface area contributed by atoms with Crippen LogP contribution in [0, 0.1) is 17.8 Å². The van der Waals surface area contributed by atoms with E-state index in [2.05, 4.69) is 36.1 Å². The van der Waals surface area contributed by atoms with Gasteiger partial charge in [0.1, 0.15) is 0 Å². The Morgan fingerprint density at radius 3 is 2.44 bits per heavy atom. The second kappa shape index (κ2) is 4.77. The van der Waals surface area contributed by atoms with E-state index in [1.165, 1.54) is 19.3 Å². The monoisotopic (exact) mass is 237 g/mol. The van der Waals surface area contributed by atoms with Gasteiger partial charge in [-0.3, -0.25) is 0 Å². The van der Waals surface area contributed by atoms with Gasteiger partial charge in [-0.1, -0.05) is 30.3 Å². The summed E-state index contributed by atoms with van der Waals surface area (Å²) in [5, 5.41) is 0. The summed E-state index contributed by atoms with van der Waals surface area (Å²) in [7, 11) is 0. The summed E-state index contributed by atoms with van der Waals surface area (Å²) >= 11 is 0. The van der Waals surface area contributed by atoms with E-state index in [1.54, 1.807) is 5.56 Å². The summed E-state index contributed by atoms with van der Waals surface area (Å²) in [4.78, 5) is 0. The van der Waals surface area contributed by atoms with Crippen LogP contribution in [0.4, 0.5) is 0 Å². The van der Waals surface area contributed by atoms with Crippen LogP contribution in [0.5, 0.6) is 0 Å². The molecule has 0 aromatic heterocycles. The largest absolute Gasteiger partial charge is 1.00 e. The number of hydrogen-bond acceptors (Lipinski definition) is 0. The third kappa shape index (κ3) is 1.76. The maximum atomic E-state index is 4.16. The number of hydrogen-bond donors (Lipinski definition) is 1. The van der Waals surface area contributed by atoms with Crippen molar-refractivity contribution in [3.8, 4) is 0 Å². The Kier molecular flexibility index (Phi) is 3.56. The molecular weight excluding hydrogens is 218 g/mol. The van der Waals surface area contributed by atoms with Crippen LogP contribution in [0.25, 0.3) is 0 Å². The van der Waals surface area contributed by atoms with Gasteiger partial charge < -0.3 is 18.1 Å². The van der Waals surface area contributed by atoms with Crippen LogP contribution in [-0.2, 0) is 0 Å². The van der Waals surface area contributed by atoms with Gasteiger partial charge in [-0.25, -0.2) is 0 Å². The Morgan fingerprint density at radius 2 is 1.75 bits per heavy atom. The summed E-state index contributed by atoms with van der Waals surface area (Å²) in [5.74, 6) is 3.63. The zero-order valence-corrected chi connectivity index (χ0v) is 10.4. The van der Waals surface area contributed by atoms with Crippen LogP contribution in [0.1, 0.15) is 30.7 Å². The maximum Gasteiger partial charge on any atom is 0.0777 e. The molecule has 88 valence electrons. The Bertz CT molecular complexity index is 338. The quantitative estimate of drug-likeness (QED) is 0.688. The van der Waals surface area contributed by atoms with E-state index in [0.29, 0.717) is 0 Å². The van der Waals surface area contributed by atoms with Crippen molar-refractivity contribution in [2.24, 2.45) is 17.8 Å². The number of fused-ring (bicyclic) bond motifs is 2. The molecule has 0 saturated heterocycles. The summed E-state index contributed by atoms with van der Waals surface area (Å²) in [5.41, 5.74) is 5.73. The molecule has 1 nitrogen and oxygen atoms in total. The van der Waals surface area contributed by atoms with Gasteiger partial charge in [0.2, 0.25) is 0 Å². The number of rotatable bonds is 2. The SMILES string of the molecule is [Cl-].[NH3+]C[C@@H]1[C@@H]2CC[C@@H](C2)[C@@H]1c1ccccc1. The molecule has 2 bridgehead atoms. The van der Waals surface area contributed by atoms with Crippen LogP contribution in [-0.4, -0.2) is 6.54 Å². The maximum absolute atomic E-state index is 4.16. The molecule has 2 saturated carbocycles. The third-order valence-corrected chi connectivity index (χ3v) is 4.61. The minimum Gasteiger partial charge on any atom is -1.00 e. The van der Waals surface area contributed by atoms with Gasteiger partial charge >= 0.3 is 0 Å². The highest BCUT2D eigenvalue weighted by atomic mass is 35.5. The van der Waals surface area contributed by atoms with Crippen molar-refractivity contribution < 1.29 is 18.1 Å². The predicted molar refractivity (Wildman–Crippen MR) is 61.3 cm³/mol. The lowest BCUT2D eigenvalue weighted by molar-refractivity contribution is -0.382. The van der Waals surface area contributed by atoms with Crippen molar-refractivity contribution in [2.45, 2.75) is 25.2 Å². The molecule has 2 aliphatic rings. The lowest BCUT2D eigenvalue weighted by atomic mass is 9.75. The first-order valence-electron chi connectivity index (χ1n) is 6.24. The Hall–Kier alpha value is -0.530. The Labute approximate surface area is 104 Å². The predicted octanol–water partition coefficient (Wildman–Crippen LogP) is -0.938. The molecule has 0 heterocycles. The highest BCUT2D eigenvalue weighted by Gasteiger charge is 2.48. The summed E-state index contributed by atoms with van der Waals surface area (Å²) in [6, 6.07) is 11.1. The topological polar surface area (TPSA) is 27.6 Å². The summed E-state index contributed by atoms with van der Waals surface area (Å²) in [6.45, 7) is 1.13. The molecule has 2 heteroatoms. The zero-order valence-electron chi connectivity index (χ0n) is 9.61. The Morgan fingerprint density at radius 1 is 1.06 bits per heavy atom. The van der Waals surface area contributed by atoms with Crippen molar-refractivity contribution in [3.63, 3.8) is 0 Å². The molecular formula is C14H20ClN. The van der Waals surface area contributed by atoms with E-state index in [0.717, 1.165) is 30.2 Å². The average molecular weight is 238 g/mol. The van der Waals surface area contributed by atoms with Crippen LogP contribution in [0.2, 0.25) is 0 Å². The number of quaternary nitrogens is 1. The Balaban J connectivity index is 0.000000963. The van der Waals surface area contributed by atoms with Crippen LogP contribution in [0.3, 0.4) is 0 Å². The van der Waals surface area contributed by atoms with Gasteiger partial charge in [-0.05, 0) is 42.6 Å². The highest BCUT2D eigenvalue weighted by molar-refractivity contribution is 5.24. The molecule has 3 N–H and O–H groups in total. The van der Waals surface area contributed by atoms with Crippen molar-refractivity contribution in [2.75, 3.05) is 6.54 Å². The van der Waals surface area contributed by atoms with Gasteiger partial charge in [-0.15, -0.1) is 0 Å². The van der Waals surface area contributed by atoms with Crippen molar-refractivity contribution in [1.82, 2.24) is 0 Å². The molecule has 1 aromatic rings. The van der Waals surface area contributed by atoms with Crippen LogP contribution in [0.15, 0.2) is 30.3 Å². The van der Waals surface area contributed by atoms with Gasteiger partial charge in [0.25, 0.3) is 0 Å². The van der Waals surface area contributed by atoms with Crippen molar-refractivity contribution in [3.05, 3.63) is 35.9 Å². The molecule has 2 fully saturated rings. The minimum absolute atomic E-state index is 0. The molecule has 0 amide bonds. The first-order valence-corrected chi connectivity index (χ1v) is 6.24. The number of benzene rings is 1. The lowest BCUT2D eigenvalue weighted by Crippen LogP contribution is -3.00. The lowest BCUT2D eigenvalue weighted by Gasteiger charge is -2.29. The number of halogens is 1. The normalized spacial score (nSPS) is 36.1. The minimum atomic E-state index is 0. The fraction of sp³-hybridized carbons (Fsp3) is 0.571. The molecule has 0 radical (unpaired) electrons. The smallest absolute Gasteiger partial charge is 0.0777 e. The van der Waals surface area contributed by atoms with Gasteiger partial charge in [0.05, 0.1) is 6.54 Å². The summed E-state index contributed by atoms with van der Waals surface area (Å²) in [6.07, 6.45) is 4.40. The van der Waals surface area contributed by atoms with Crippen molar-refractivity contribution in [1.29, 1.82) is 0 Å². The second-order valence-electron chi connectivity index (χ2n) is 5.22. The standard InChI is InChI=1S/C14H19N.ClH/c15-9-13-11-6-7-12(8-11)14(13)10-4-2-1-3-5-10;/h1-5,11-14H,6-9,15H2;1H/t11-,12+,13-,14+;/m1./s1. The van der Waals surface area contributed by atoms with Crippen molar-refractivity contribution >= 4 is 0 Å². The highest BCUT2D eigenvalue weighted by Crippen LogP contribution is 2.55. The third-order valence-electron chi connectivity index (χ3n) is 4.61. The van der Waals surface area contributed by atoms with Gasteiger partial charge in [0, 0.05) is 5.92 Å². The zero-order chi connectivity index (χ0) is 10.3. The first-order chi connectivity index (χ1) is 7.40. The fourth-order valence-electron chi connectivity index (χ4n) is 4.02. The molecule has 0 spiro atoms. The van der Waals surface area contributed by atoms with E-state index >= 15 is 0 Å². The first kappa shape index (κ1) is 11.9. The van der Waals surface area contributed by atoms with Gasteiger partial charge in [0.15, 0.2) is 0 Å². The molecule has 0 aliphatic heterocycles. The van der Waals surface area contributed by atoms with E-state index in [4.69, 9.17) is 0 Å². The molecule has 0 unspecified atom stereocenters. The van der Waals surface area contributed by atoms with Crippen LogP contribution >= 0.6 is 0 Å². The molecule has 1 aromatic carbocycles. The molecule has 3 rings (SSSR count). The van der Waals surface area contributed by atoms with Gasteiger partial charge in [-0.2, -0.15) is 0 Å². The molecule has 4 atom stereocenters. The summed E-state index contributed by atoms with van der Waals surface area (Å²) < 4.78 is 0.